The quantitative estimate of drug-likeness (QED) is 0.108. The minimum atomic E-state index is -0.862. The first-order chi connectivity index (χ1) is 16.6. The molecule has 194 valence electrons. The van der Waals surface area contributed by atoms with E-state index in [0.29, 0.717) is 24.1 Å². The molecule has 0 aromatic heterocycles. The van der Waals surface area contributed by atoms with Gasteiger partial charge >= 0.3 is 0 Å². The van der Waals surface area contributed by atoms with Crippen molar-refractivity contribution in [2.45, 2.75) is 58.0 Å². The number of aliphatic hydroxyl groups excluding tert-OH is 1. The Bertz CT molecular complexity index is 916. The van der Waals surface area contributed by atoms with Crippen molar-refractivity contribution in [2.75, 3.05) is 19.6 Å². The van der Waals surface area contributed by atoms with Gasteiger partial charge in [0.2, 0.25) is 18.2 Å². The molecule has 0 heterocycles. The molecular weight excluding hydrogens is 450 g/mol. The molecule has 1 aromatic carbocycles. The standard InChI is InChI=1S/C25H39N5O5/c1-4-10-28-24(34)20(27)12-17(3)22(32)7-5-16(2)18-6-8-23(33)19(13-18)14-21(30-15-31)25(35)29-11-9-26/h5-8,13,15-16,20-21,32-33H,4,9-12,14,26-27H2,1-3H3,(H,28,34)(H,29,35)(H,30,31)/b7-5-,22-17-/t16?,20-,21-/m0/s1. The Morgan fingerprint density at radius 3 is 2.49 bits per heavy atom. The van der Waals surface area contributed by atoms with Crippen molar-refractivity contribution < 1.29 is 24.6 Å². The number of nitrogens with one attached hydrogen (secondary N) is 3. The molecule has 0 aliphatic rings. The van der Waals surface area contributed by atoms with Gasteiger partial charge in [0, 0.05) is 26.1 Å². The van der Waals surface area contributed by atoms with E-state index < -0.39 is 18.0 Å². The first-order valence-electron chi connectivity index (χ1n) is 11.7. The first kappa shape index (κ1) is 29.7. The van der Waals surface area contributed by atoms with Gasteiger partial charge in [-0.3, -0.25) is 14.4 Å². The highest BCUT2D eigenvalue weighted by Crippen LogP contribution is 2.26. The Kier molecular flexibility index (Phi) is 13.1. The van der Waals surface area contributed by atoms with Crippen molar-refractivity contribution in [1.82, 2.24) is 16.0 Å². The molecule has 9 N–H and O–H groups in total. The first-order valence-corrected chi connectivity index (χ1v) is 11.7. The average Bonchev–Trinajstić information content (AvgIpc) is 2.84. The molecule has 0 fully saturated rings. The molecular formula is C25H39N5O5. The Hall–Kier alpha value is -3.37. The van der Waals surface area contributed by atoms with Crippen molar-refractivity contribution in [3.8, 4) is 5.75 Å². The number of aromatic hydroxyl groups is 1. The maximum atomic E-state index is 12.3. The van der Waals surface area contributed by atoms with Crippen LogP contribution in [0.15, 0.2) is 41.7 Å². The van der Waals surface area contributed by atoms with Crippen LogP contribution in [0, 0.1) is 0 Å². The number of carbonyl (C=O) groups is 3. The van der Waals surface area contributed by atoms with Gasteiger partial charge in [0.25, 0.3) is 0 Å². The number of phenols is 1. The second kappa shape index (κ2) is 15.5. The molecule has 0 saturated heterocycles. The molecule has 0 radical (unpaired) electrons. The van der Waals surface area contributed by atoms with Crippen LogP contribution in [0.5, 0.6) is 5.75 Å². The maximum absolute atomic E-state index is 12.3. The van der Waals surface area contributed by atoms with Gasteiger partial charge in [-0.25, -0.2) is 0 Å². The summed E-state index contributed by atoms with van der Waals surface area (Å²) >= 11 is 0. The summed E-state index contributed by atoms with van der Waals surface area (Å²) in [6.45, 7) is 6.67. The smallest absolute Gasteiger partial charge is 0.242 e. The fourth-order valence-electron chi connectivity index (χ4n) is 3.30. The summed E-state index contributed by atoms with van der Waals surface area (Å²) in [7, 11) is 0. The number of carbonyl (C=O) groups excluding carboxylic acids is 3. The Balaban J connectivity index is 2.93. The minimum Gasteiger partial charge on any atom is -0.508 e. The molecule has 1 aromatic rings. The second-order valence-corrected chi connectivity index (χ2v) is 8.42. The second-order valence-electron chi connectivity index (χ2n) is 8.42. The number of phenolic OH excluding ortho intramolecular Hbond substituents is 1. The normalized spacial score (nSPS) is 14.5. The minimum absolute atomic E-state index is 0.00294. The SMILES string of the molecule is CCCNC(=O)[C@@H](N)C/C(C)=C(O)/C=C\C(C)c1ccc(O)c(C[C@H](NC=O)C(=O)NCCN)c1. The molecule has 0 aliphatic carbocycles. The van der Waals surface area contributed by atoms with Crippen molar-refractivity contribution in [3.63, 3.8) is 0 Å². The van der Waals surface area contributed by atoms with Crippen LogP contribution in [0.2, 0.25) is 0 Å². The van der Waals surface area contributed by atoms with E-state index in [0.717, 1.165) is 12.0 Å². The summed E-state index contributed by atoms with van der Waals surface area (Å²) in [4.78, 5) is 35.2. The van der Waals surface area contributed by atoms with Crippen LogP contribution in [-0.4, -0.2) is 60.2 Å². The third-order valence-electron chi connectivity index (χ3n) is 5.47. The number of hydrogen-bond acceptors (Lipinski definition) is 7. The molecule has 0 saturated carbocycles. The van der Waals surface area contributed by atoms with E-state index in [1.165, 1.54) is 6.07 Å². The zero-order valence-corrected chi connectivity index (χ0v) is 20.7. The highest BCUT2D eigenvalue weighted by molar-refractivity contribution is 5.84. The van der Waals surface area contributed by atoms with Gasteiger partial charge in [-0.15, -0.1) is 0 Å². The largest absolute Gasteiger partial charge is 0.508 e. The van der Waals surface area contributed by atoms with Crippen molar-refractivity contribution in [3.05, 3.63) is 52.8 Å². The van der Waals surface area contributed by atoms with E-state index >= 15 is 0 Å². The molecule has 0 spiro atoms. The number of benzene rings is 1. The van der Waals surface area contributed by atoms with Crippen LogP contribution in [-0.2, 0) is 20.8 Å². The summed E-state index contributed by atoms with van der Waals surface area (Å²) in [6.07, 6.45) is 4.91. The molecule has 0 aliphatic heterocycles. The predicted octanol–water partition coefficient (Wildman–Crippen LogP) is 0.860. The highest BCUT2D eigenvalue weighted by Gasteiger charge is 2.20. The third-order valence-corrected chi connectivity index (χ3v) is 5.47. The van der Waals surface area contributed by atoms with E-state index in [9.17, 15) is 24.6 Å². The van der Waals surface area contributed by atoms with Gasteiger partial charge in [-0.1, -0.05) is 32.1 Å². The lowest BCUT2D eigenvalue weighted by Gasteiger charge is -2.18. The summed E-state index contributed by atoms with van der Waals surface area (Å²) in [5.74, 6) is -0.765. The van der Waals surface area contributed by atoms with Gasteiger partial charge in [0.1, 0.15) is 17.6 Å². The molecule has 35 heavy (non-hydrogen) atoms. The van der Waals surface area contributed by atoms with E-state index in [1.807, 2.05) is 13.8 Å². The van der Waals surface area contributed by atoms with Gasteiger partial charge < -0.3 is 37.6 Å². The Labute approximate surface area is 206 Å². The molecule has 10 nitrogen and oxygen atoms in total. The fraction of sp³-hybridized carbons (Fsp3) is 0.480. The summed E-state index contributed by atoms with van der Waals surface area (Å²) in [5.41, 5.74) is 13.2. The number of amides is 3. The topological polar surface area (TPSA) is 180 Å². The van der Waals surface area contributed by atoms with Crippen LogP contribution in [0.4, 0.5) is 0 Å². The monoisotopic (exact) mass is 489 g/mol. The number of aliphatic hydroxyl groups is 1. The lowest BCUT2D eigenvalue weighted by molar-refractivity contribution is -0.125. The zero-order valence-electron chi connectivity index (χ0n) is 20.7. The highest BCUT2D eigenvalue weighted by atomic mass is 16.3. The Morgan fingerprint density at radius 2 is 1.86 bits per heavy atom. The molecule has 1 rings (SSSR count). The molecule has 3 atom stereocenters. The van der Waals surface area contributed by atoms with Crippen molar-refractivity contribution >= 4 is 18.2 Å². The lowest BCUT2D eigenvalue weighted by Crippen LogP contribution is -2.46. The third kappa shape index (κ3) is 10.2. The van der Waals surface area contributed by atoms with Crippen molar-refractivity contribution in [2.24, 2.45) is 11.5 Å². The summed E-state index contributed by atoms with van der Waals surface area (Å²) in [6, 6.07) is 3.41. The van der Waals surface area contributed by atoms with Gasteiger partial charge in [-0.2, -0.15) is 0 Å². The fourth-order valence-corrected chi connectivity index (χ4v) is 3.30. The van der Waals surface area contributed by atoms with Crippen LogP contribution < -0.4 is 27.4 Å². The van der Waals surface area contributed by atoms with E-state index in [2.05, 4.69) is 16.0 Å². The maximum Gasteiger partial charge on any atom is 0.242 e. The number of nitrogens with two attached hydrogens (primary N) is 2. The summed E-state index contributed by atoms with van der Waals surface area (Å²) in [5, 5.41) is 28.5. The van der Waals surface area contributed by atoms with E-state index in [1.54, 1.807) is 31.2 Å². The van der Waals surface area contributed by atoms with E-state index in [-0.39, 0.29) is 49.3 Å². The van der Waals surface area contributed by atoms with Crippen LogP contribution in [0.3, 0.4) is 0 Å². The molecule has 10 heteroatoms. The number of hydrogen-bond donors (Lipinski definition) is 7. The van der Waals surface area contributed by atoms with Crippen LogP contribution in [0.1, 0.15) is 50.7 Å². The summed E-state index contributed by atoms with van der Waals surface area (Å²) < 4.78 is 0. The lowest BCUT2D eigenvalue weighted by atomic mass is 9.95. The van der Waals surface area contributed by atoms with Gasteiger partial charge in [0.05, 0.1) is 6.04 Å². The van der Waals surface area contributed by atoms with Crippen molar-refractivity contribution in [1.29, 1.82) is 0 Å². The van der Waals surface area contributed by atoms with Crippen LogP contribution >= 0.6 is 0 Å². The molecule has 3 amide bonds. The average molecular weight is 490 g/mol. The van der Waals surface area contributed by atoms with Crippen LogP contribution in [0.25, 0.3) is 0 Å². The predicted molar refractivity (Wildman–Crippen MR) is 136 cm³/mol. The molecule has 1 unspecified atom stereocenters. The molecule has 0 bridgehead atoms. The zero-order chi connectivity index (χ0) is 26.4. The number of rotatable bonds is 15. The van der Waals surface area contributed by atoms with E-state index in [4.69, 9.17) is 11.5 Å². The Morgan fingerprint density at radius 1 is 1.17 bits per heavy atom. The van der Waals surface area contributed by atoms with Gasteiger partial charge in [0.15, 0.2) is 0 Å². The number of allylic oxidation sites excluding steroid dienone is 2. The van der Waals surface area contributed by atoms with Gasteiger partial charge in [-0.05, 0) is 54.5 Å².